The molecule has 2 rings (SSSR count). The predicted molar refractivity (Wildman–Crippen MR) is 74.6 cm³/mol. The lowest BCUT2D eigenvalue weighted by atomic mass is 10.2. The van der Waals surface area contributed by atoms with E-state index in [0.29, 0.717) is 11.4 Å². The molecule has 0 saturated carbocycles. The molecule has 0 aliphatic heterocycles. The first-order valence-corrected chi connectivity index (χ1v) is 6.68. The van der Waals surface area contributed by atoms with Crippen LogP contribution >= 0.6 is 11.8 Å². The molecule has 1 aromatic heterocycles. The van der Waals surface area contributed by atoms with E-state index in [1.54, 1.807) is 6.92 Å². The molecule has 1 aromatic carbocycles. The number of aryl methyl sites for hydroxylation is 2. The highest BCUT2D eigenvalue weighted by Crippen LogP contribution is 2.27. The highest BCUT2D eigenvalue weighted by atomic mass is 32.2. The summed E-state index contributed by atoms with van der Waals surface area (Å²) >= 11 is 1.29. The average Bonchev–Trinajstić information content (AvgIpc) is 2.70. The molecule has 0 atom stereocenters. The summed E-state index contributed by atoms with van der Waals surface area (Å²) in [5.74, 6) is 0.114. The number of carbonyl (C=O) groups is 1. The molecule has 0 saturated heterocycles. The number of anilines is 1. The number of benzene rings is 1. The first-order chi connectivity index (χ1) is 8.99. The zero-order valence-corrected chi connectivity index (χ0v) is 11.5. The molecule has 0 amide bonds. The Kier molecular flexibility index (Phi) is 3.80. The molecule has 0 radical (unpaired) electrons. The van der Waals surface area contributed by atoms with Crippen molar-refractivity contribution in [2.24, 2.45) is 0 Å². The second-order valence-electron chi connectivity index (χ2n) is 4.15. The van der Waals surface area contributed by atoms with Gasteiger partial charge in [-0.2, -0.15) is 0 Å². The Hall–Kier alpha value is -1.95. The van der Waals surface area contributed by atoms with Crippen molar-refractivity contribution >= 4 is 23.4 Å². The molecular weight excluding hydrogens is 264 g/mol. The number of carbonyl (C=O) groups excluding carboxylic acids is 1. The van der Waals surface area contributed by atoms with E-state index in [0.717, 1.165) is 15.2 Å². The third kappa shape index (κ3) is 2.90. The molecule has 1 heterocycles. The largest absolute Gasteiger partial charge is 0.398 e. The van der Waals surface area contributed by atoms with Crippen LogP contribution in [0.3, 0.4) is 0 Å². The Bertz CT molecular complexity index is 673. The molecule has 0 aliphatic rings. The summed E-state index contributed by atoms with van der Waals surface area (Å²) in [5.41, 5.74) is 7.09. The van der Waals surface area contributed by atoms with Gasteiger partial charge in [0.25, 0.3) is 11.5 Å². The van der Waals surface area contributed by atoms with Crippen LogP contribution in [-0.2, 0) is 0 Å². The van der Waals surface area contributed by atoms with E-state index < -0.39 is 11.5 Å². The molecule has 100 valence electrons. The van der Waals surface area contributed by atoms with Crippen LogP contribution in [0.15, 0.2) is 38.5 Å². The van der Waals surface area contributed by atoms with Crippen LogP contribution in [0.25, 0.3) is 0 Å². The molecule has 2 aromatic rings. The molecular formula is C13H14N2O3S. The van der Waals surface area contributed by atoms with Crippen molar-refractivity contribution in [1.82, 2.24) is 4.74 Å². The van der Waals surface area contributed by atoms with Gasteiger partial charge in [0.2, 0.25) is 0 Å². The average molecular weight is 278 g/mol. The first kappa shape index (κ1) is 13.5. The summed E-state index contributed by atoms with van der Waals surface area (Å²) in [5, 5.41) is 0. The quantitative estimate of drug-likeness (QED) is 0.687. The lowest BCUT2D eigenvalue weighted by Crippen LogP contribution is -2.23. The standard InChI is InChI=1S/C13H14N2O3S/c1-8-4-3-5-10(13(8)14)19-7-12(17)15-11(16)6-9(2)18-15/h3-6H,7,14H2,1-2H3. The minimum atomic E-state index is -0.444. The van der Waals surface area contributed by atoms with Crippen LogP contribution in [0, 0.1) is 13.8 Å². The van der Waals surface area contributed by atoms with E-state index in [9.17, 15) is 9.59 Å². The van der Waals surface area contributed by atoms with Gasteiger partial charge in [-0.3, -0.25) is 9.59 Å². The predicted octanol–water partition coefficient (Wildman–Crippen LogP) is 2.07. The van der Waals surface area contributed by atoms with Gasteiger partial charge in [-0.1, -0.05) is 12.1 Å². The number of hydrogen-bond donors (Lipinski definition) is 1. The highest BCUT2D eigenvalue weighted by Gasteiger charge is 2.13. The number of para-hydroxylation sites is 1. The SMILES string of the molecule is Cc1cc(=O)n(C(=O)CSc2cccc(C)c2N)o1. The lowest BCUT2D eigenvalue weighted by Gasteiger charge is -2.06. The topological polar surface area (TPSA) is 78.2 Å². The third-order valence-electron chi connectivity index (χ3n) is 2.62. The number of aromatic nitrogens is 1. The van der Waals surface area contributed by atoms with Gasteiger partial charge >= 0.3 is 0 Å². The second-order valence-corrected chi connectivity index (χ2v) is 5.17. The molecule has 0 spiro atoms. The summed E-state index contributed by atoms with van der Waals surface area (Å²) in [6, 6.07) is 6.91. The van der Waals surface area contributed by atoms with Gasteiger partial charge in [0.05, 0.1) is 5.75 Å². The van der Waals surface area contributed by atoms with Gasteiger partial charge in [-0.25, -0.2) is 0 Å². The highest BCUT2D eigenvalue weighted by molar-refractivity contribution is 8.00. The van der Waals surface area contributed by atoms with Crippen molar-refractivity contribution in [3.05, 3.63) is 45.9 Å². The number of rotatable bonds is 3. The van der Waals surface area contributed by atoms with E-state index in [-0.39, 0.29) is 5.75 Å². The molecule has 5 nitrogen and oxygen atoms in total. The monoisotopic (exact) mass is 278 g/mol. The number of hydrogen-bond acceptors (Lipinski definition) is 5. The maximum atomic E-state index is 11.9. The van der Waals surface area contributed by atoms with Crippen LogP contribution in [0.2, 0.25) is 0 Å². The number of nitrogens with two attached hydrogens (primary N) is 1. The van der Waals surface area contributed by atoms with Crippen LogP contribution in [0.4, 0.5) is 5.69 Å². The normalized spacial score (nSPS) is 10.6. The van der Waals surface area contributed by atoms with Crippen molar-refractivity contribution in [2.45, 2.75) is 18.7 Å². The van der Waals surface area contributed by atoms with E-state index >= 15 is 0 Å². The number of nitrogen functional groups attached to an aromatic ring is 1. The number of nitrogens with zero attached hydrogens (tertiary/aromatic N) is 1. The summed E-state index contributed by atoms with van der Waals surface area (Å²) in [7, 11) is 0. The van der Waals surface area contributed by atoms with Gasteiger partial charge < -0.3 is 10.3 Å². The van der Waals surface area contributed by atoms with E-state index in [4.69, 9.17) is 10.3 Å². The molecule has 19 heavy (non-hydrogen) atoms. The molecule has 0 fully saturated rings. The summed E-state index contributed by atoms with van der Waals surface area (Å²) < 4.78 is 5.80. The van der Waals surface area contributed by atoms with Gasteiger partial charge in [-0.05, 0) is 25.5 Å². The Morgan fingerprint density at radius 1 is 1.42 bits per heavy atom. The summed E-state index contributed by atoms with van der Waals surface area (Å²) in [4.78, 5) is 24.1. The lowest BCUT2D eigenvalue weighted by molar-refractivity contribution is 0.0813. The van der Waals surface area contributed by atoms with Crippen molar-refractivity contribution in [3.8, 4) is 0 Å². The van der Waals surface area contributed by atoms with Crippen LogP contribution < -0.4 is 11.3 Å². The van der Waals surface area contributed by atoms with Gasteiger partial charge in [0, 0.05) is 16.6 Å². The van der Waals surface area contributed by atoms with E-state index in [1.807, 2.05) is 25.1 Å². The third-order valence-corrected chi connectivity index (χ3v) is 3.68. The van der Waals surface area contributed by atoms with Crippen LogP contribution in [-0.4, -0.2) is 16.4 Å². The van der Waals surface area contributed by atoms with Crippen molar-refractivity contribution < 1.29 is 9.32 Å². The Morgan fingerprint density at radius 3 is 2.79 bits per heavy atom. The van der Waals surface area contributed by atoms with Gasteiger partial charge in [-0.15, -0.1) is 16.5 Å². The minimum absolute atomic E-state index is 0.0977. The number of thioether (sulfide) groups is 1. The molecule has 2 N–H and O–H groups in total. The maximum absolute atomic E-state index is 11.9. The smallest absolute Gasteiger partial charge is 0.290 e. The molecule has 0 bridgehead atoms. The zero-order valence-electron chi connectivity index (χ0n) is 10.7. The molecule has 6 heteroatoms. The van der Waals surface area contributed by atoms with Crippen LogP contribution in [0.5, 0.6) is 0 Å². The minimum Gasteiger partial charge on any atom is -0.398 e. The fourth-order valence-electron chi connectivity index (χ4n) is 1.60. The molecule has 0 unspecified atom stereocenters. The summed E-state index contributed by atoms with van der Waals surface area (Å²) in [6.45, 7) is 3.53. The van der Waals surface area contributed by atoms with E-state index in [1.165, 1.54) is 17.8 Å². The van der Waals surface area contributed by atoms with Gasteiger partial charge in [0.1, 0.15) is 5.76 Å². The first-order valence-electron chi connectivity index (χ1n) is 5.70. The summed E-state index contributed by atoms with van der Waals surface area (Å²) in [6.07, 6.45) is 0. The zero-order chi connectivity index (χ0) is 14.0. The Balaban J connectivity index is 2.11. The van der Waals surface area contributed by atoms with Gasteiger partial charge in [0.15, 0.2) is 0 Å². The fraction of sp³-hybridized carbons (Fsp3) is 0.231. The second kappa shape index (κ2) is 5.36. The van der Waals surface area contributed by atoms with Crippen molar-refractivity contribution in [3.63, 3.8) is 0 Å². The maximum Gasteiger partial charge on any atom is 0.290 e. The Labute approximate surface area is 114 Å². The Morgan fingerprint density at radius 2 is 2.16 bits per heavy atom. The van der Waals surface area contributed by atoms with Crippen molar-refractivity contribution in [2.75, 3.05) is 11.5 Å². The van der Waals surface area contributed by atoms with E-state index in [2.05, 4.69) is 0 Å². The van der Waals surface area contributed by atoms with Crippen molar-refractivity contribution in [1.29, 1.82) is 0 Å². The fourth-order valence-corrected chi connectivity index (χ4v) is 2.49. The van der Waals surface area contributed by atoms with Crippen LogP contribution in [0.1, 0.15) is 16.1 Å². The molecule has 0 aliphatic carbocycles.